The SMILES string of the molecule is COCCCN1C(=O)c2[nH]nc(-c3ccc(O)cc3)c2C1c1ccccc1Cl. The molecule has 0 saturated carbocycles. The Labute approximate surface area is 167 Å². The molecule has 2 heterocycles. The van der Waals surface area contributed by atoms with Crippen LogP contribution in [0.2, 0.25) is 5.02 Å². The van der Waals surface area contributed by atoms with E-state index in [1.807, 2.05) is 29.2 Å². The standard InChI is InChI=1S/C21H20ClN3O3/c1-28-12-4-11-25-20(15-5-2-3-6-16(15)22)17-18(23-24-19(17)21(25)27)13-7-9-14(26)10-8-13/h2-3,5-10,20,26H,4,11-12H2,1H3,(H,23,24). The lowest BCUT2D eigenvalue weighted by Crippen LogP contribution is -2.31. The zero-order valence-electron chi connectivity index (χ0n) is 15.4. The number of nitrogens with one attached hydrogen (secondary N) is 1. The quantitative estimate of drug-likeness (QED) is 0.616. The van der Waals surface area contributed by atoms with E-state index in [9.17, 15) is 9.90 Å². The highest BCUT2D eigenvalue weighted by atomic mass is 35.5. The molecule has 1 aromatic heterocycles. The van der Waals surface area contributed by atoms with Crippen molar-refractivity contribution in [1.82, 2.24) is 15.1 Å². The summed E-state index contributed by atoms with van der Waals surface area (Å²) in [6, 6.07) is 14.0. The first kappa shape index (κ1) is 18.5. The number of hydrogen-bond acceptors (Lipinski definition) is 4. The van der Waals surface area contributed by atoms with E-state index < -0.39 is 0 Å². The maximum absolute atomic E-state index is 13.1. The predicted octanol–water partition coefficient (Wildman–Crippen LogP) is 4.02. The first-order valence-corrected chi connectivity index (χ1v) is 9.41. The van der Waals surface area contributed by atoms with Crippen LogP contribution in [0.3, 0.4) is 0 Å². The summed E-state index contributed by atoms with van der Waals surface area (Å²) in [6.45, 7) is 1.11. The number of nitrogens with zero attached hydrogens (tertiary/aromatic N) is 2. The molecule has 3 aromatic rings. The molecule has 2 N–H and O–H groups in total. The molecule has 0 spiro atoms. The number of ether oxygens (including phenoxy) is 1. The lowest BCUT2D eigenvalue weighted by Gasteiger charge is -2.27. The fraction of sp³-hybridized carbons (Fsp3) is 0.238. The number of H-pyrrole nitrogens is 1. The van der Waals surface area contributed by atoms with Crippen molar-refractivity contribution >= 4 is 17.5 Å². The van der Waals surface area contributed by atoms with E-state index in [-0.39, 0.29) is 17.7 Å². The summed E-state index contributed by atoms with van der Waals surface area (Å²) in [5.41, 5.74) is 3.64. The van der Waals surface area contributed by atoms with Crippen molar-refractivity contribution in [3.8, 4) is 17.0 Å². The Hall–Kier alpha value is -2.83. The van der Waals surface area contributed by atoms with Crippen LogP contribution in [0.4, 0.5) is 0 Å². The van der Waals surface area contributed by atoms with E-state index in [0.717, 1.165) is 23.1 Å². The third kappa shape index (κ3) is 3.15. The zero-order chi connectivity index (χ0) is 19.7. The van der Waals surface area contributed by atoms with Gasteiger partial charge in [-0.15, -0.1) is 0 Å². The fourth-order valence-electron chi connectivity index (χ4n) is 3.67. The Bertz CT molecular complexity index is 1000. The van der Waals surface area contributed by atoms with Crippen molar-refractivity contribution in [1.29, 1.82) is 0 Å². The molecule has 0 aliphatic carbocycles. The number of halogens is 1. The fourth-order valence-corrected chi connectivity index (χ4v) is 3.91. The molecule has 0 radical (unpaired) electrons. The molecule has 0 bridgehead atoms. The number of amides is 1. The number of carbonyl (C=O) groups excluding carboxylic acids is 1. The van der Waals surface area contributed by atoms with Gasteiger partial charge in [0.2, 0.25) is 0 Å². The highest BCUT2D eigenvalue weighted by molar-refractivity contribution is 6.31. The molecule has 4 rings (SSSR count). The van der Waals surface area contributed by atoms with E-state index in [4.69, 9.17) is 16.3 Å². The maximum Gasteiger partial charge on any atom is 0.273 e. The van der Waals surface area contributed by atoms with Crippen LogP contribution in [-0.4, -0.2) is 46.4 Å². The van der Waals surface area contributed by atoms with Crippen molar-refractivity contribution < 1.29 is 14.6 Å². The van der Waals surface area contributed by atoms with Gasteiger partial charge in [0, 0.05) is 36.4 Å². The molecule has 1 unspecified atom stereocenters. The zero-order valence-corrected chi connectivity index (χ0v) is 16.1. The number of phenols is 1. The second-order valence-electron chi connectivity index (χ2n) is 6.68. The maximum atomic E-state index is 13.1. The van der Waals surface area contributed by atoms with Crippen LogP contribution in [0, 0.1) is 0 Å². The number of hydrogen-bond donors (Lipinski definition) is 2. The normalized spacial score (nSPS) is 15.9. The molecule has 0 saturated heterocycles. The van der Waals surface area contributed by atoms with Crippen LogP contribution >= 0.6 is 11.6 Å². The van der Waals surface area contributed by atoms with Crippen molar-refractivity contribution in [2.45, 2.75) is 12.5 Å². The van der Waals surface area contributed by atoms with Gasteiger partial charge in [-0.2, -0.15) is 5.10 Å². The first-order valence-electron chi connectivity index (χ1n) is 9.03. The molecular weight excluding hydrogens is 378 g/mol. The van der Waals surface area contributed by atoms with Gasteiger partial charge in [-0.1, -0.05) is 29.8 Å². The Kier molecular flexibility index (Phi) is 5.07. The predicted molar refractivity (Wildman–Crippen MR) is 107 cm³/mol. The van der Waals surface area contributed by atoms with Crippen LogP contribution in [-0.2, 0) is 4.74 Å². The molecule has 1 aliphatic heterocycles. The Morgan fingerprint density at radius 3 is 2.68 bits per heavy atom. The smallest absolute Gasteiger partial charge is 0.273 e. The number of benzene rings is 2. The van der Waals surface area contributed by atoms with Crippen molar-refractivity contribution in [3.63, 3.8) is 0 Å². The molecular formula is C21H20ClN3O3. The van der Waals surface area contributed by atoms with E-state index in [1.54, 1.807) is 31.4 Å². The van der Waals surface area contributed by atoms with E-state index in [2.05, 4.69) is 10.2 Å². The number of aromatic nitrogens is 2. The number of rotatable bonds is 6. The Balaban J connectivity index is 1.83. The van der Waals surface area contributed by atoms with Gasteiger partial charge in [-0.05, 0) is 42.3 Å². The van der Waals surface area contributed by atoms with Gasteiger partial charge in [0.1, 0.15) is 11.4 Å². The number of phenolic OH excluding ortho intramolecular Hbond substituents is 1. The average Bonchev–Trinajstić information content (AvgIpc) is 3.23. The third-order valence-corrected chi connectivity index (χ3v) is 5.30. The van der Waals surface area contributed by atoms with Crippen LogP contribution < -0.4 is 0 Å². The summed E-state index contributed by atoms with van der Waals surface area (Å²) in [7, 11) is 1.65. The van der Waals surface area contributed by atoms with Gasteiger partial charge < -0.3 is 14.7 Å². The lowest BCUT2D eigenvalue weighted by molar-refractivity contribution is 0.0723. The first-order chi connectivity index (χ1) is 13.6. The van der Waals surface area contributed by atoms with Gasteiger partial charge in [0.25, 0.3) is 5.91 Å². The second-order valence-corrected chi connectivity index (χ2v) is 7.08. The minimum Gasteiger partial charge on any atom is -0.508 e. The van der Waals surface area contributed by atoms with Gasteiger partial charge in [0.05, 0.1) is 11.7 Å². The van der Waals surface area contributed by atoms with Crippen LogP contribution in [0.5, 0.6) is 5.75 Å². The summed E-state index contributed by atoms with van der Waals surface area (Å²) in [5, 5.41) is 17.5. The third-order valence-electron chi connectivity index (χ3n) is 4.95. The largest absolute Gasteiger partial charge is 0.508 e. The van der Waals surface area contributed by atoms with Crippen LogP contribution in [0.15, 0.2) is 48.5 Å². The van der Waals surface area contributed by atoms with Gasteiger partial charge in [-0.25, -0.2) is 0 Å². The highest BCUT2D eigenvalue weighted by Crippen LogP contribution is 2.44. The van der Waals surface area contributed by atoms with E-state index in [1.165, 1.54) is 0 Å². The number of aromatic amines is 1. The summed E-state index contributed by atoms with van der Waals surface area (Å²) in [6.07, 6.45) is 0.718. The van der Waals surface area contributed by atoms with Gasteiger partial charge in [-0.3, -0.25) is 9.89 Å². The lowest BCUT2D eigenvalue weighted by atomic mass is 9.96. The molecule has 1 amide bonds. The molecule has 144 valence electrons. The molecule has 2 aromatic carbocycles. The Morgan fingerprint density at radius 1 is 1.21 bits per heavy atom. The molecule has 6 nitrogen and oxygen atoms in total. The minimum absolute atomic E-state index is 0.103. The van der Waals surface area contributed by atoms with Crippen LogP contribution in [0.1, 0.15) is 34.1 Å². The molecule has 7 heteroatoms. The summed E-state index contributed by atoms with van der Waals surface area (Å²) >= 11 is 6.50. The van der Waals surface area contributed by atoms with Crippen molar-refractivity contribution in [2.24, 2.45) is 0 Å². The second kappa shape index (κ2) is 7.66. The van der Waals surface area contributed by atoms with Gasteiger partial charge >= 0.3 is 0 Å². The van der Waals surface area contributed by atoms with Crippen molar-refractivity contribution in [3.05, 3.63) is 70.4 Å². The summed E-state index contributed by atoms with van der Waals surface area (Å²) in [4.78, 5) is 14.9. The van der Waals surface area contributed by atoms with Crippen molar-refractivity contribution in [2.75, 3.05) is 20.3 Å². The number of methoxy groups -OCH3 is 1. The monoisotopic (exact) mass is 397 g/mol. The Morgan fingerprint density at radius 2 is 1.96 bits per heavy atom. The number of aromatic hydroxyl groups is 1. The molecule has 1 aliphatic rings. The van der Waals surface area contributed by atoms with Gasteiger partial charge in [0.15, 0.2) is 0 Å². The topological polar surface area (TPSA) is 78.5 Å². The number of carbonyl (C=O) groups is 1. The minimum atomic E-state index is -0.337. The van der Waals surface area contributed by atoms with E-state index in [0.29, 0.717) is 29.6 Å². The number of fused-ring (bicyclic) bond motifs is 1. The van der Waals surface area contributed by atoms with E-state index >= 15 is 0 Å². The molecule has 0 fully saturated rings. The summed E-state index contributed by atoms with van der Waals surface area (Å²) in [5.74, 6) is 0.0735. The average molecular weight is 398 g/mol. The summed E-state index contributed by atoms with van der Waals surface area (Å²) < 4.78 is 5.16. The molecule has 1 atom stereocenters. The molecule has 28 heavy (non-hydrogen) atoms. The highest BCUT2D eigenvalue weighted by Gasteiger charge is 2.42. The van der Waals surface area contributed by atoms with Crippen LogP contribution in [0.25, 0.3) is 11.3 Å².